The maximum atomic E-state index is 15.8. The van der Waals surface area contributed by atoms with Gasteiger partial charge in [0.15, 0.2) is 0 Å². The van der Waals surface area contributed by atoms with E-state index in [0.29, 0.717) is 23.4 Å². The summed E-state index contributed by atoms with van der Waals surface area (Å²) in [6, 6.07) is 8.15. The Balaban J connectivity index is 2.03. The van der Waals surface area contributed by atoms with E-state index in [1.165, 1.54) is 6.92 Å². The fourth-order valence-electron chi connectivity index (χ4n) is 5.31. The van der Waals surface area contributed by atoms with Gasteiger partial charge in [0.2, 0.25) is 11.8 Å². The smallest absolute Gasteiger partial charge is 0.226 e. The summed E-state index contributed by atoms with van der Waals surface area (Å²) in [5, 5.41) is 7.38. The lowest BCUT2D eigenvalue weighted by Crippen LogP contribution is -2.43. The van der Waals surface area contributed by atoms with Crippen molar-refractivity contribution in [3.8, 4) is 16.9 Å². The number of nitrogens with one attached hydrogen (secondary N) is 1. The lowest BCUT2D eigenvalue weighted by molar-refractivity contribution is -0.140. The van der Waals surface area contributed by atoms with Crippen molar-refractivity contribution in [2.75, 3.05) is 5.32 Å². The van der Waals surface area contributed by atoms with Gasteiger partial charge in [-0.05, 0) is 50.3 Å². The van der Waals surface area contributed by atoms with Crippen LogP contribution in [-0.2, 0) is 34.5 Å². The number of benzene rings is 2. The number of hydrogen-bond acceptors (Lipinski definition) is 3. The lowest BCUT2D eigenvalue weighted by atomic mass is 9.97. The van der Waals surface area contributed by atoms with Crippen LogP contribution in [-0.4, -0.2) is 26.5 Å². The zero-order chi connectivity index (χ0) is 27.9. The third-order valence-electron chi connectivity index (χ3n) is 7.65. The molecule has 8 heteroatoms. The molecule has 0 saturated heterocycles. The monoisotopic (exact) mass is 522 g/mol. The van der Waals surface area contributed by atoms with Crippen molar-refractivity contribution in [2.45, 2.75) is 79.8 Å². The second kappa shape index (κ2) is 10.3. The first-order valence-corrected chi connectivity index (χ1v) is 13.3. The third kappa shape index (κ3) is 4.50. The van der Waals surface area contributed by atoms with Crippen molar-refractivity contribution in [3.63, 3.8) is 0 Å². The van der Waals surface area contributed by atoms with Gasteiger partial charge in [0.25, 0.3) is 0 Å². The molecule has 2 amide bonds. The normalized spacial score (nSPS) is 14.9. The maximum Gasteiger partial charge on any atom is 0.226 e. The van der Waals surface area contributed by atoms with Crippen molar-refractivity contribution in [3.05, 3.63) is 64.4 Å². The van der Waals surface area contributed by atoms with E-state index in [1.54, 1.807) is 9.58 Å². The van der Waals surface area contributed by atoms with Crippen LogP contribution in [0.25, 0.3) is 16.9 Å². The van der Waals surface area contributed by atoms with Crippen LogP contribution in [0.15, 0.2) is 30.3 Å². The number of aryl methyl sites for hydroxylation is 2. The van der Waals surface area contributed by atoms with Gasteiger partial charge < -0.3 is 10.2 Å². The molecule has 0 spiro atoms. The van der Waals surface area contributed by atoms with E-state index < -0.39 is 23.1 Å². The summed E-state index contributed by atoms with van der Waals surface area (Å²) >= 11 is 0. The minimum atomic E-state index is -0.748. The number of halogens is 2. The molecule has 0 aliphatic carbocycles. The summed E-state index contributed by atoms with van der Waals surface area (Å²) in [5.41, 5.74) is 3.78. The Kier molecular flexibility index (Phi) is 7.46. The van der Waals surface area contributed by atoms with Crippen LogP contribution in [0.4, 0.5) is 14.5 Å². The summed E-state index contributed by atoms with van der Waals surface area (Å²) in [6.45, 7) is 13.3. The zero-order valence-electron chi connectivity index (χ0n) is 23.2. The van der Waals surface area contributed by atoms with Crippen LogP contribution < -0.4 is 5.32 Å². The molecule has 6 nitrogen and oxygen atoms in total. The highest BCUT2D eigenvalue weighted by atomic mass is 19.1. The second-order valence-electron chi connectivity index (χ2n) is 10.5. The number of para-hydroxylation sites is 1. The Hall–Kier alpha value is -3.55. The number of aromatic nitrogens is 2. The number of rotatable bonds is 7. The second-order valence-corrected chi connectivity index (χ2v) is 10.5. The third-order valence-corrected chi connectivity index (χ3v) is 7.65. The Morgan fingerprint density at radius 1 is 1.08 bits per heavy atom. The largest absolute Gasteiger partial charge is 0.327 e. The molecule has 1 atom stereocenters. The Morgan fingerprint density at radius 3 is 2.26 bits per heavy atom. The molecule has 2 aromatic carbocycles. The van der Waals surface area contributed by atoms with Crippen LogP contribution in [0, 0.1) is 17.6 Å². The van der Waals surface area contributed by atoms with Crippen molar-refractivity contribution in [1.29, 1.82) is 0 Å². The van der Waals surface area contributed by atoms with Gasteiger partial charge in [-0.2, -0.15) is 5.10 Å². The summed E-state index contributed by atoms with van der Waals surface area (Å²) in [7, 11) is 0. The molecule has 0 radical (unpaired) electrons. The Bertz CT molecular complexity index is 1390. The molecule has 1 aliphatic rings. The van der Waals surface area contributed by atoms with Crippen molar-refractivity contribution in [1.82, 2.24) is 14.7 Å². The lowest BCUT2D eigenvalue weighted by Gasteiger charge is -2.33. The minimum Gasteiger partial charge on any atom is -0.327 e. The number of fused-ring (bicyclic) bond motifs is 1. The predicted octanol–water partition coefficient (Wildman–Crippen LogP) is 6.52. The summed E-state index contributed by atoms with van der Waals surface area (Å²) in [4.78, 5) is 26.7. The fraction of sp³-hybridized carbons (Fsp3) is 0.433. The van der Waals surface area contributed by atoms with E-state index in [4.69, 9.17) is 5.10 Å². The maximum absolute atomic E-state index is 15.8. The van der Waals surface area contributed by atoms with Gasteiger partial charge in [0.05, 0.1) is 34.8 Å². The van der Waals surface area contributed by atoms with Crippen LogP contribution in [0.1, 0.15) is 77.3 Å². The average molecular weight is 523 g/mol. The zero-order valence-corrected chi connectivity index (χ0v) is 23.2. The molecule has 4 rings (SSSR count). The standard InChI is InChI=1S/C30H36F2N4O2/c1-8-17(4)29(38)35-16-22-27(21-14-24(32)25(15-23(21)31)33-18(5)37)36(34-28(22)30(35,6)7)26-19(9-2)12-11-13-20(26)10-3/h11-15,17H,8-10,16H2,1-7H3,(H,33,37). The first-order valence-electron chi connectivity index (χ1n) is 13.3. The molecule has 3 aromatic rings. The molecule has 0 saturated carbocycles. The van der Waals surface area contributed by atoms with Crippen molar-refractivity contribution in [2.24, 2.45) is 5.92 Å². The summed E-state index contributed by atoms with van der Waals surface area (Å²) in [5.74, 6) is -2.10. The average Bonchev–Trinajstić information content (AvgIpc) is 3.38. The molecule has 1 aromatic heterocycles. The van der Waals surface area contributed by atoms with Gasteiger partial charge in [-0.1, -0.05) is 45.9 Å². The molecule has 2 heterocycles. The predicted molar refractivity (Wildman–Crippen MR) is 145 cm³/mol. The van der Waals surface area contributed by atoms with Crippen molar-refractivity contribution >= 4 is 17.5 Å². The molecule has 1 unspecified atom stereocenters. The molecule has 0 bridgehead atoms. The first kappa shape index (κ1) is 27.5. The van der Waals surface area contributed by atoms with Crippen LogP contribution in [0.3, 0.4) is 0 Å². The van der Waals surface area contributed by atoms with Gasteiger partial charge in [-0.15, -0.1) is 0 Å². The van der Waals surface area contributed by atoms with E-state index in [1.807, 2.05) is 59.7 Å². The summed E-state index contributed by atoms with van der Waals surface area (Å²) < 4.78 is 32.7. The van der Waals surface area contributed by atoms with E-state index >= 15 is 8.78 Å². The van der Waals surface area contributed by atoms with Gasteiger partial charge >= 0.3 is 0 Å². The first-order chi connectivity index (χ1) is 18.0. The number of anilines is 1. The highest BCUT2D eigenvalue weighted by molar-refractivity contribution is 5.89. The van der Waals surface area contributed by atoms with Gasteiger partial charge in [0, 0.05) is 30.0 Å². The number of nitrogens with zero attached hydrogens (tertiary/aromatic N) is 3. The number of amides is 2. The van der Waals surface area contributed by atoms with E-state index in [9.17, 15) is 9.59 Å². The number of carbonyl (C=O) groups excluding carboxylic acids is 2. The van der Waals surface area contributed by atoms with Crippen molar-refractivity contribution < 1.29 is 18.4 Å². The quantitative estimate of drug-likeness (QED) is 0.384. The molecular formula is C30H36F2N4O2. The van der Waals surface area contributed by atoms with E-state index in [2.05, 4.69) is 5.32 Å². The minimum absolute atomic E-state index is 0.00358. The topological polar surface area (TPSA) is 67.2 Å². The Labute approximate surface area is 223 Å². The molecule has 0 fully saturated rings. The van der Waals surface area contributed by atoms with Gasteiger partial charge in [-0.25, -0.2) is 13.5 Å². The molecular weight excluding hydrogens is 486 g/mol. The molecule has 1 aliphatic heterocycles. The summed E-state index contributed by atoms with van der Waals surface area (Å²) in [6.07, 6.45) is 2.16. The highest BCUT2D eigenvalue weighted by Crippen LogP contribution is 2.46. The van der Waals surface area contributed by atoms with Crippen LogP contribution in [0.2, 0.25) is 0 Å². The van der Waals surface area contributed by atoms with Crippen LogP contribution in [0.5, 0.6) is 0 Å². The fourth-order valence-corrected chi connectivity index (χ4v) is 5.31. The number of hydrogen-bond donors (Lipinski definition) is 1. The number of carbonyl (C=O) groups is 2. The molecule has 1 N–H and O–H groups in total. The van der Waals surface area contributed by atoms with Crippen LogP contribution >= 0.6 is 0 Å². The highest BCUT2D eigenvalue weighted by Gasteiger charge is 2.46. The van der Waals surface area contributed by atoms with E-state index in [-0.39, 0.29) is 29.6 Å². The van der Waals surface area contributed by atoms with Gasteiger partial charge in [-0.3, -0.25) is 9.59 Å². The Morgan fingerprint density at radius 2 is 1.71 bits per heavy atom. The molecule has 38 heavy (non-hydrogen) atoms. The SMILES string of the molecule is CCc1cccc(CC)c1-n1nc2c(c1-c1cc(F)c(NC(C)=O)cc1F)CN(C(=O)C(C)CC)C2(C)C. The van der Waals surface area contributed by atoms with E-state index in [0.717, 1.165) is 41.8 Å². The van der Waals surface area contributed by atoms with Gasteiger partial charge in [0.1, 0.15) is 11.6 Å². The molecule has 202 valence electrons.